The van der Waals surface area contributed by atoms with E-state index in [1.165, 1.54) is 29.6 Å². The van der Waals surface area contributed by atoms with Gasteiger partial charge in [-0.15, -0.1) is 11.3 Å². The SMILES string of the molecule is COC(=O)c1scc(C)c1C1CCCc2cccnc21. The standard InChI is InChI=1S/C16H17NO2S/c1-10-9-20-15(16(18)19-2)13(10)12-7-3-5-11-6-4-8-17-14(11)12/h4,6,8-9,12H,3,5,7H2,1-2H3. The molecular formula is C16H17NO2S. The number of pyridine rings is 1. The second kappa shape index (κ2) is 5.37. The van der Waals surface area contributed by atoms with E-state index in [0.29, 0.717) is 0 Å². The lowest BCUT2D eigenvalue weighted by atomic mass is 9.81. The van der Waals surface area contributed by atoms with Gasteiger partial charge in [0.25, 0.3) is 0 Å². The van der Waals surface area contributed by atoms with Gasteiger partial charge in [-0.05, 0) is 54.3 Å². The van der Waals surface area contributed by atoms with Crippen LogP contribution in [0.25, 0.3) is 0 Å². The maximum Gasteiger partial charge on any atom is 0.348 e. The predicted molar refractivity (Wildman–Crippen MR) is 79.4 cm³/mol. The molecule has 20 heavy (non-hydrogen) atoms. The maximum atomic E-state index is 12.0. The summed E-state index contributed by atoms with van der Waals surface area (Å²) in [6, 6.07) is 4.14. The average molecular weight is 287 g/mol. The lowest BCUT2D eigenvalue weighted by Crippen LogP contribution is -2.16. The number of fused-ring (bicyclic) bond motifs is 1. The molecule has 0 aromatic carbocycles. The van der Waals surface area contributed by atoms with Crippen molar-refractivity contribution in [3.05, 3.63) is 51.0 Å². The number of aromatic nitrogens is 1. The molecule has 0 saturated heterocycles. The Balaban J connectivity index is 2.11. The van der Waals surface area contributed by atoms with Gasteiger partial charge in [-0.1, -0.05) is 6.07 Å². The van der Waals surface area contributed by atoms with E-state index < -0.39 is 0 Å². The van der Waals surface area contributed by atoms with Crippen LogP contribution in [-0.2, 0) is 11.2 Å². The highest BCUT2D eigenvalue weighted by Gasteiger charge is 2.29. The Labute approximate surface area is 122 Å². The van der Waals surface area contributed by atoms with Gasteiger partial charge in [0.2, 0.25) is 0 Å². The van der Waals surface area contributed by atoms with Crippen molar-refractivity contribution in [3.63, 3.8) is 0 Å². The van der Waals surface area contributed by atoms with Crippen LogP contribution in [0.3, 0.4) is 0 Å². The van der Waals surface area contributed by atoms with Crippen molar-refractivity contribution in [1.82, 2.24) is 4.98 Å². The van der Waals surface area contributed by atoms with E-state index in [1.54, 1.807) is 0 Å². The van der Waals surface area contributed by atoms with Crippen molar-refractivity contribution in [1.29, 1.82) is 0 Å². The van der Waals surface area contributed by atoms with Crippen molar-refractivity contribution in [3.8, 4) is 0 Å². The molecule has 2 aromatic heterocycles. The molecule has 0 amide bonds. The normalized spacial score (nSPS) is 17.6. The van der Waals surface area contributed by atoms with Crippen molar-refractivity contribution in [2.45, 2.75) is 32.1 Å². The first-order chi connectivity index (χ1) is 9.72. The van der Waals surface area contributed by atoms with Crippen molar-refractivity contribution in [2.75, 3.05) is 7.11 Å². The molecule has 1 unspecified atom stereocenters. The first kappa shape index (κ1) is 13.3. The highest BCUT2D eigenvalue weighted by atomic mass is 32.1. The summed E-state index contributed by atoms with van der Waals surface area (Å²) in [5.41, 5.74) is 4.72. The zero-order valence-corrected chi connectivity index (χ0v) is 12.5. The molecule has 0 fully saturated rings. The highest BCUT2D eigenvalue weighted by Crippen LogP contribution is 2.40. The van der Waals surface area contributed by atoms with Crippen LogP contribution in [0.15, 0.2) is 23.7 Å². The minimum atomic E-state index is -0.235. The molecule has 0 saturated carbocycles. The van der Waals surface area contributed by atoms with Crippen LogP contribution >= 0.6 is 11.3 Å². The fourth-order valence-corrected chi connectivity index (χ4v) is 4.06. The van der Waals surface area contributed by atoms with Gasteiger partial charge in [-0.2, -0.15) is 0 Å². The molecule has 0 aliphatic heterocycles. The van der Waals surface area contributed by atoms with Crippen LogP contribution in [0.5, 0.6) is 0 Å². The number of esters is 1. The Morgan fingerprint density at radius 3 is 3.15 bits per heavy atom. The van der Waals surface area contributed by atoms with E-state index in [0.717, 1.165) is 35.4 Å². The van der Waals surface area contributed by atoms with E-state index in [9.17, 15) is 4.79 Å². The quantitative estimate of drug-likeness (QED) is 0.790. The van der Waals surface area contributed by atoms with Crippen LogP contribution in [0.1, 0.15) is 50.8 Å². The van der Waals surface area contributed by atoms with Gasteiger partial charge in [0.1, 0.15) is 4.88 Å². The third-order valence-corrected chi connectivity index (χ3v) is 5.03. The first-order valence-electron chi connectivity index (χ1n) is 6.82. The smallest absolute Gasteiger partial charge is 0.348 e. The minimum Gasteiger partial charge on any atom is -0.465 e. The monoisotopic (exact) mass is 287 g/mol. The Morgan fingerprint density at radius 2 is 2.35 bits per heavy atom. The van der Waals surface area contributed by atoms with Crippen LogP contribution in [-0.4, -0.2) is 18.1 Å². The number of aryl methyl sites for hydroxylation is 2. The number of thiophene rings is 1. The van der Waals surface area contributed by atoms with Gasteiger partial charge >= 0.3 is 5.97 Å². The number of nitrogens with zero attached hydrogens (tertiary/aromatic N) is 1. The van der Waals surface area contributed by atoms with Gasteiger partial charge in [0.15, 0.2) is 0 Å². The summed E-state index contributed by atoms with van der Waals surface area (Å²) in [5.74, 6) is -0.0125. The fraction of sp³-hybridized carbons (Fsp3) is 0.375. The van der Waals surface area contributed by atoms with E-state index in [1.807, 2.05) is 17.6 Å². The molecule has 0 spiro atoms. The second-order valence-corrected chi connectivity index (χ2v) is 6.03. The summed E-state index contributed by atoms with van der Waals surface area (Å²) in [7, 11) is 1.44. The van der Waals surface area contributed by atoms with Crippen LogP contribution in [0, 0.1) is 6.92 Å². The molecule has 2 aromatic rings. The van der Waals surface area contributed by atoms with Gasteiger partial charge in [0, 0.05) is 12.1 Å². The van der Waals surface area contributed by atoms with Crippen LogP contribution in [0.2, 0.25) is 0 Å². The predicted octanol–water partition coefficient (Wildman–Crippen LogP) is 3.71. The Kier molecular flexibility index (Phi) is 3.57. The van der Waals surface area contributed by atoms with Crippen LogP contribution < -0.4 is 0 Å². The zero-order valence-electron chi connectivity index (χ0n) is 11.7. The molecule has 0 N–H and O–H groups in total. The number of carbonyl (C=O) groups is 1. The number of carbonyl (C=O) groups excluding carboxylic acids is 1. The molecule has 0 radical (unpaired) electrons. The van der Waals surface area contributed by atoms with Gasteiger partial charge in [0.05, 0.1) is 12.8 Å². The highest BCUT2D eigenvalue weighted by molar-refractivity contribution is 7.12. The van der Waals surface area contributed by atoms with E-state index in [4.69, 9.17) is 4.74 Å². The number of rotatable bonds is 2. The Bertz CT molecular complexity index is 648. The molecule has 104 valence electrons. The van der Waals surface area contributed by atoms with E-state index in [-0.39, 0.29) is 11.9 Å². The summed E-state index contributed by atoms with van der Waals surface area (Å²) in [6.45, 7) is 2.06. The average Bonchev–Trinajstić information content (AvgIpc) is 2.87. The molecule has 0 bridgehead atoms. The molecule has 3 rings (SSSR count). The maximum absolute atomic E-state index is 12.0. The van der Waals surface area contributed by atoms with E-state index >= 15 is 0 Å². The Hall–Kier alpha value is -1.68. The van der Waals surface area contributed by atoms with Crippen molar-refractivity contribution < 1.29 is 9.53 Å². The van der Waals surface area contributed by atoms with E-state index in [2.05, 4.69) is 18.0 Å². The van der Waals surface area contributed by atoms with Gasteiger partial charge in [-0.3, -0.25) is 4.98 Å². The molecule has 1 aliphatic carbocycles. The second-order valence-electron chi connectivity index (χ2n) is 5.15. The lowest BCUT2D eigenvalue weighted by Gasteiger charge is -2.25. The number of hydrogen-bond acceptors (Lipinski definition) is 4. The van der Waals surface area contributed by atoms with Crippen molar-refractivity contribution in [2.24, 2.45) is 0 Å². The third kappa shape index (κ3) is 2.14. The summed E-state index contributed by atoms with van der Waals surface area (Å²) in [6.07, 6.45) is 5.11. The molecule has 1 atom stereocenters. The van der Waals surface area contributed by atoms with Gasteiger partial charge < -0.3 is 4.74 Å². The number of methoxy groups -OCH3 is 1. The first-order valence-corrected chi connectivity index (χ1v) is 7.70. The minimum absolute atomic E-state index is 0.222. The van der Waals surface area contributed by atoms with Crippen LogP contribution in [0.4, 0.5) is 0 Å². The topological polar surface area (TPSA) is 39.2 Å². The zero-order chi connectivity index (χ0) is 14.1. The molecule has 2 heterocycles. The molecule has 3 nitrogen and oxygen atoms in total. The summed E-state index contributed by atoms with van der Waals surface area (Å²) in [4.78, 5) is 17.3. The van der Waals surface area contributed by atoms with Crippen molar-refractivity contribution >= 4 is 17.3 Å². The summed E-state index contributed by atoms with van der Waals surface area (Å²) < 4.78 is 4.92. The Morgan fingerprint density at radius 1 is 1.50 bits per heavy atom. The summed E-state index contributed by atoms with van der Waals surface area (Å²) in [5, 5.41) is 2.04. The summed E-state index contributed by atoms with van der Waals surface area (Å²) >= 11 is 1.47. The molecule has 4 heteroatoms. The molecule has 1 aliphatic rings. The van der Waals surface area contributed by atoms with Gasteiger partial charge in [-0.25, -0.2) is 4.79 Å². The fourth-order valence-electron chi connectivity index (χ4n) is 3.03. The third-order valence-electron chi connectivity index (χ3n) is 3.94. The number of hydrogen-bond donors (Lipinski definition) is 0. The largest absolute Gasteiger partial charge is 0.465 e. The molecular weight excluding hydrogens is 270 g/mol. The number of ether oxygens (including phenoxy) is 1. The lowest BCUT2D eigenvalue weighted by molar-refractivity contribution is 0.0604.